The average Bonchev–Trinajstić information content (AvgIpc) is 3.25. The van der Waals surface area contributed by atoms with E-state index in [0.29, 0.717) is 11.7 Å². The van der Waals surface area contributed by atoms with Gasteiger partial charge in [-0.25, -0.2) is 13.1 Å². The molecule has 1 saturated heterocycles. The molecule has 0 aliphatic carbocycles. The van der Waals surface area contributed by atoms with E-state index in [4.69, 9.17) is 4.42 Å². The highest BCUT2D eigenvalue weighted by Crippen LogP contribution is 2.13. The third kappa shape index (κ3) is 6.29. The average molecular weight is 432 g/mol. The minimum Gasteiger partial charge on any atom is -0.468 e. The van der Waals surface area contributed by atoms with Gasteiger partial charge in [0.15, 0.2) is 0 Å². The molecule has 0 radical (unpaired) electrons. The number of carbonyl (C=O) groups is 1. The zero-order valence-electron chi connectivity index (χ0n) is 17.5. The lowest BCUT2D eigenvalue weighted by atomic mass is 10.2. The maximum absolute atomic E-state index is 12.4. The smallest absolute Gasteiger partial charge is 0.246 e. The van der Waals surface area contributed by atoms with Crippen LogP contribution in [-0.2, 0) is 21.4 Å². The Morgan fingerprint density at radius 1 is 1.13 bits per heavy atom. The van der Waals surface area contributed by atoms with Crippen molar-refractivity contribution in [3.05, 3.63) is 60.1 Å². The van der Waals surface area contributed by atoms with Crippen molar-refractivity contribution < 1.29 is 17.6 Å². The Balaban J connectivity index is 1.52. The Morgan fingerprint density at radius 3 is 2.43 bits per heavy atom. The molecule has 0 saturated carbocycles. The van der Waals surface area contributed by atoms with Gasteiger partial charge in [-0.2, -0.15) is 0 Å². The fourth-order valence-corrected chi connectivity index (χ4v) is 4.35. The van der Waals surface area contributed by atoms with E-state index in [1.165, 1.54) is 18.4 Å². The number of piperazine rings is 1. The van der Waals surface area contributed by atoms with Crippen LogP contribution in [0.3, 0.4) is 0 Å². The molecular weight excluding hydrogens is 402 g/mol. The van der Waals surface area contributed by atoms with Crippen LogP contribution in [-0.4, -0.2) is 56.8 Å². The Morgan fingerprint density at radius 2 is 1.83 bits per heavy atom. The van der Waals surface area contributed by atoms with E-state index in [1.54, 1.807) is 36.4 Å². The molecule has 1 fully saturated rings. The summed E-state index contributed by atoms with van der Waals surface area (Å²) < 4.78 is 32.4. The number of hydrogen-bond donors (Lipinski definition) is 1. The van der Waals surface area contributed by atoms with Crippen molar-refractivity contribution in [2.75, 3.05) is 32.7 Å². The number of rotatable bonds is 8. The van der Waals surface area contributed by atoms with E-state index >= 15 is 0 Å². The van der Waals surface area contributed by atoms with Crippen LogP contribution in [0, 0.1) is 5.92 Å². The highest BCUT2D eigenvalue weighted by molar-refractivity contribution is 7.89. The van der Waals surface area contributed by atoms with Crippen LogP contribution in [0.2, 0.25) is 0 Å². The lowest BCUT2D eigenvalue weighted by Crippen LogP contribution is -2.49. The molecule has 0 bridgehead atoms. The molecule has 7 nitrogen and oxygen atoms in total. The molecule has 1 aromatic heterocycles. The van der Waals surface area contributed by atoms with Crippen LogP contribution in [0.4, 0.5) is 0 Å². The lowest BCUT2D eigenvalue weighted by molar-refractivity contribution is -0.127. The fourth-order valence-electron chi connectivity index (χ4n) is 3.36. The third-order valence-electron chi connectivity index (χ3n) is 4.93. The summed E-state index contributed by atoms with van der Waals surface area (Å²) >= 11 is 0. The maximum atomic E-state index is 12.4. The number of amides is 1. The van der Waals surface area contributed by atoms with Gasteiger partial charge in [-0.3, -0.25) is 9.69 Å². The minimum atomic E-state index is -3.63. The van der Waals surface area contributed by atoms with Crippen LogP contribution in [0.5, 0.6) is 0 Å². The molecule has 2 aromatic rings. The summed E-state index contributed by atoms with van der Waals surface area (Å²) in [6.07, 6.45) is 4.77. The zero-order valence-corrected chi connectivity index (χ0v) is 18.3. The van der Waals surface area contributed by atoms with Gasteiger partial charge in [-0.15, -0.1) is 0 Å². The molecule has 2 heterocycles. The monoisotopic (exact) mass is 431 g/mol. The molecule has 0 atom stereocenters. The zero-order chi connectivity index (χ0) is 21.6. The second-order valence-corrected chi connectivity index (χ2v) is 9.59. The molecule has 1 aliphatic rings. The van der Waals surface area contributed by atoms with Crippen molar-refractivity contribution in [1.29, 1.82) is 0 Å². The molecule has 0 unspecified atom stereocenters. The fraction of sp³-hybridized carbons (Fsp3) is 0.409. The second kappa shape index (κ2) is 10.1. The summed E-state index contributed by atoms with van der Waals surface area (Å²) in [6.45, 7) is 8.81. The predicted octanol–water partition coefficient (Wildman–Crippen LogP) is 2.57. The summed E-state index contributed by atoms with van der Waals surface area (Å²) in [4.78, 5) is 16.8. The van der Waals surface area contributed by atoms with Crippen LogP contribution >= 0.6 is 0 Å². The number of sulfonamides is 1. The first kappa shape index (κ1) is 22.3. The van der Waals surface area contributed by atoms with Crippen LogP contribution in [0.25, 0.3) is 6.08 Å². The molecule has 1 aromatic carbocycles. The molecule has 1 N–H and O–H groups in total. The van der Waals surface area contributed by atoms with Gasteiger partial charge in [0.25, 0.3) is 0 Å². The van der Waals surface area contributed by atoms with E-state index in [0.717, 1.165) is 38.3 Å². The van der Waals surface area contributed by atoms with Crippen molar-refractivity contribution >= 4 is 22.0 Å². The van der Waals surface area contributed by atoms with Gasteiger partial charge < -0.3 is 9.32 Å². The summed E-state index contributed by atoms with van der Waals surface area (Å²) in [5.41, 5.74) is 0.770. The maximum Gasteiger partial charge on any atom is 0.246 e. The standard InChI is InChI=1S/C22H29N3O4S/c1-18(2)17-24-11-13-25(14-12-24)22(26)10-7-19-5-8-21(9-6-19)30(27,28)23-16-20-4-3-15-29-20/h3-10,15,18,23H,11-14,16-17H2,1-2H3/b10-7+. The van der Waals surface area contributed by atoms with Crippen LogP contribution in [0.15, 0.2) is 58.1 Å². The minimum absolute atomic E-state index is 0.0176. The van der Waals surface area contributed by atoms with Crippen LogP contribution in [0.1, 0.15) is 25.2 Å². The number of hydrogen-bond acceptors (Lipinski definition) is 5. The van der Waals surface area contributed by atoms with Crippen molar-refractivity contribution in [2.45, 2.75) is 25.3 Å². The number of furan rings is 1. The molecule has 8 heteroatoms. The number of benzene rings is 1. The Kier molecular flexibility index (Phi) is 7.47. The number of nitrogens with zero attached hydrogens (tertiary/aromatic N) is 2. The van der Waals surface area contributed by atoms with Gasteiger partial charge in [-0.05, 0) is 41.8 Å². The van der Waals surface area contributed by atoms with Gasteiger partial charge >= 0.3 is 0 Å². The second-order valence-electron chi connectivity index (χ2n) is 7.83. The van der Waals surface area contributed by atoms with Gasteiger partial charge in [0.1, 0.15) is 5.76 Å². The molecule has 162 valence electrons. The van der Waals surface area contributed by atoms with Gasteiger partial charge in [0.05, 0.1) is 17.7 Å². The normalized spacial score (nSPS) is 15.9. The summed E-state index contributed by atoms with van der Waals surface area (Å²) in [5.74, 6) is 1.15. The van der Waals surface area contributed by atoms with Crippen molar-refractivity contribution in [1.82, 2.24) is 14.5 Å². The molecule has 30 heavy (non-hydrogen) atoms. The first-order chi connectivity index (χ1) is 14.3. The van der Waals surface area contributed by atoms with Crippen molar-refractivity contribution in [3.63, 3.8) is 0 Å². The molecule has 1 aliphatic heterocycles. The third-order valence-corrected chi connectivity index (χ3v) is 6.35. The molecule has 1 amide bonds. The molecular formula is C22H29N3O4S. The van der Waals surface area contributed by atoms with Crippen molar-refractivity contribution in [2.24, 2.45) is 5.92 Å². The predicted molar refractivity (Wildman–Crippen MR) is 116 cm³/mol. The Labute approximate surface area is 178 Å². The van der Waals surface area contributed by atoms with E-state index in [9.17, 15) is 13.2 Å². The Hall–Kier alpha value is -2.42. The highest BCUT2D eigenvalue weighted by Gasteiger charge is 2.20. The van der Waals surface area contributed by atoms with Crippen LogP contribution < -0.4 is 4.72 Å². The number of nitrogens with one attached hydrogen (secondary N) is 1. The number of carbonyl (C=O) groups excluding carboxylic acids is 1. The van der Waals surface area contributed by atoms with E-state index < -0.39 is 10.0 Å². The first-order valence-corrected chi connectivity index (χ1v) is 11.6. The van der Waals surface area contributed by atoms with Gasteiger partial charge in [0, 0.05) is 38.8 Å². The molecule has 0 spiro atoms. The summed E-state index contributed by atoms with van der Waals surface area (Å²) in [6, 6.07) is 9.84. The topological polar surface area (TPSA) is 82.9 Å². The summed E-state index contributed by atoms with van der Waals surface area (Å²) in [7, 11) is -3.63. The van der Waals surface area contributed by atoms with E-state index in [1.807, 2.05) is 4.90 Å². The van der Waals surface area contributed by atoms with Crippen molar-refractivity contribution in [3.8, 4) is 0 Å². The lowest BCUT2D eigenvalue weighted by Gasteiger charge is -2.35. The Bertz CT molecular complexity index is 943. The van der Waals surface area contributed by atoms with E-state index in [2.05, 4.69) is 23.5 Å². The first-order valence-electron chi connectivity index (χ1n) is 10.1. The largest absolute Gasteiger partial charge is 0.468 e. The van der Waals surface area contributed by atoms with E-state index in [-0.39, 0.29) is 17.3 Å². The highest BCUT2D eigenvalue weighted by atomic mass is 32.2. The summed E-state index contributed by atoms with van der Waals surface area (Å²) in [5, 5.41) is 0. The van der Waals surface area contributed by atoms with Gasteiger partial charge in [-0.1, -0.05) is 26.0 Å². The quantitative estimate of drug-likeness (QED) is 0.650. The molecule has 3 rings (SSSR count). The SMILES string of the molecule is CC(C)CN1CCN(C(=O)/C=C/c2ccc(S(=O)(=O)NCc3ccco3)cc2)CC1. The van der Waals surface area contributed by atoms with Gasteiger partial charge in [0.2, 0.25) is 15.9 Å².